The maximum Gasteiger partial charge on any atom is 0.337 e. The zero-order valence-corrected chi connectivity index (χ0v) is 8.74. The SMILES string of the molecule is Cc1cc([N+](=O)[O-])cc(C(=O)O)c1Br. The van der Waals surface area contributed by atoms with E-state index in [9.17, 15) is 14.9 Å². The van der Waals surface area contributed by atoms with E-state index in [1.165, 1.54) is 6.07 Å². The molecule has 0 fully saturated rings. The molecule has 1 rings (SSSR count). The Morgan fingerprint density at radius 1 is 1.57 bits per heavy atom. The number of carboxylic acid groups (broad SMARTS) is 1. The van der Waals surface area contributed by atoms with E-state index < -0.39 is 10.9 Å². The molecule has 0 aromatic heterocycles. The summed E-state index contributed by atoms with van der Waals surface area (Å²) >= 11 is 3.06. The number of non-ortho nitro benzene ring substituents is 1. The number of halogens is 1. The van der Waals surface area contributed by atoms with Gasteiger partial charge in [0.15, 0.2) is 0 Å². The van der Waals surface area contributed by atoms with E-state index in [-0.39, 0.29) is 11.3 Å². The minimum atomic E-state index is -1.19. The van der Waals surface area contributed by atoms with Gasteiger partial charge in [0.25, 0.3) is 5.69 Å². The molecule has 0 saturated carbocycles. The topological polar surface area (TPSA) is 80.4 Å². The predicted molar refractivity (Wildman–Crippen MR) is 52.5 cm³/mol. The van der Waals surface area contributed by atoms with Crippen LogP contribution in [0.4, 0.5) is 5.69 Å². The van der Waals surface area contributed by atoms with Crippen LogP contribution in [-0.4, -0.2) is 16.0 Å². The maximum atomic E-state index is 10.7. The molecule has 5 nitrogen and oxygen atoms in total. The van der Waals surface area contributed by atoms with Crippen LogP contribution in [0.5, 0.6) is 0 Å². The summed E-state index contributed by atoms with van der Waals surface area (Å²) in [7, 11) is 0. The second kappa shape index (κ2) is 3.75. The van der Waals surface area contributed by atoms with Gasteiger partial charge in [0, 0.05) is 16.6 Å². The molecular formula is C8H6BrNO4. The number of nitro benzene ring substituents is 1. The van der Waals surface area contributed by atoms with Crippen LogP contribution >= 0.6 is 15.9 Å². The second-order valence-electron chi connectivity index (χ2n) is 2.69. The van der Waals surface area contributed by atoms with Crippen molar-refractivity contribution in [3.05, 3.63) is 37.8 Å². The van der Waals surface area contributed by atoms with Gasteiger partial charge in [-0.1, -0.05) is 0 Å². The highest BCUT2D eigenvalue weighted by Crippen LogP contribution is 2.26. The molecule has 14 heavy (non-hydrogen) atoms. The molecule has 0 bridgehead atoms. The predicted octanol–water partition coefficient (Wildman–Crippen LogP) is 2.36. The Hall–Kier alpha value is -1.43. The van der Waals surface area contributed by atoms with E-state index in [2.05, 4.69) is 15.9 Å². The Morgan fingerprint density at radius 2 is 2.14 bits per heavy atom. The van der Waals surface area contributed by atoms with Crippen LogP contribution in [0, 0.1) is 17.0 Å². The highest BCUT2D eigenvalue weighted by Gasteiger charge is 2.16. The molecule has 0 heterocycles. The van der Waals surface area contributed by atoms with Crippen LogP contribution in [0.25, 0.3) is 0 Å². The largest absolute Gasteiger partial charge is 0.478 e. The Balaban J connectivity index is 3.43. The summed E-state index contributed by atoms with van der Waals surface area (Å²) in [6.07, 6.45) is 0. The molecule has 0 spiro atoms. The van der Waals surface area contributed by atoms with E-state index in [4.69, 9.17) is 5.11 Å². The molecule has 0 aliphatic rings. The average Bonchev–Trinajstić information content (AvgIpc) is 2.08. The Morgan fingerprint density at radius 3 is 2.57 bits per heavy atom. The van der Waals surface area contributed by atoms with E-state index in [1.807, 2.05) is 0 Å². The van der Waals surface area contributed by atoms with Crippen LogP contribution in [-0.2, 0) is 0 Å². The highest BCUT2D eigenvalue weighted by molar-refractivity contribution is 9.10. The number of carbonyl (C=O) groups is 1. The summed E-state index contributed by atoms with van der Waals surface area (Å²) < 4.78 is 0.371. The van der Waals surface area contributed by atoms with Crippen LogP contribution in [0.15, 0.2) is 16.6 Å². The van der Waals surface area contributed by atoms with Crippen LogP contribution < -0.4 is 0 Å². The Labute approximate surface area is 87.6 Å². The summed E-state index contributed by atoms with van der Waals surface area (Å²) in [6, 6.07) is 2.34. The molecule has 0 atom stereocenters. The van der Waals surface area contributed by atoms with Crippen molar-refractivity contribution in [1.29, 1.82) is 0 Å². The minimum absolute atomic E-state index is 0.100. The van der Waals surface area contributed by atoms with E-state index >= 15 is 0 Å². The van der Waals surface area contributed by atoms with Gasteiger partial charge in [-0.05, 0) is 28.4 Å². The van der Waals surface area contributed by atoms with Gasteiger partial charge in [0.05, 0.1) is 10.5 Å². The van der Waals surface area contributed by atoms with Gasteiger partial charge in [-0.2, -0.15) is 0 Å². The minimum Gasteiger partial charge on any atom is -0.478 e. The van der Waals surface area contributed by atoms with E-state index in [0.29, 0.717) is 10.0 Å². The van der Waals surface area contributed by atoms with Crippen molar-refractivity contribution in [3.8, 4) is 0 Å². The zero-order chi connectivity index (χ0) is 10.9. The quantitative estimate of drug-likeness (QED) is 0.653. The lowest BCUT2D eigenvalue weighted by Crippen LogP contribution is -2.01. The molecule has 6 heteroatoms. The van der Waals surface area contributed by atoms with Crippen molar-refractivity contribution >= 4 is 27.6 Å². The number of nitrogens with zero attached hydrogens (tertiary/aromatic N) is 1. The first-order valence-electron chi connectivity index (χ1n) is 3.61. The van der Waals surface area contributed by atoms with Gasteiger partial charge in [-0.3, -0.25) is 10.1 Å². The lowest BCUT2D eigenvalue weighted by Gasteiger charge is -2.02. The van der Waals surface area contributed by atoms with Crippen molar-refractivity contribution in [3.63, 3.8) is 0 Å². The van der Waals surface area contributed by atoms with Gasteiger partial charge < -0.3 is 5.11 Å². The molecule has 0 aliphatic carbocycles. The van der Waals surface area contributed by atoms with Crippen molar-refractivity contribution < 1.29 is 14.8 Å². The Kier molecular flexibility index (Phi) is 2.85. The van der Waals surface area contributed by atoms with Crippen molar-refractivity contribution in [2.75, 3.05) is 0 Å². The monoisotopic (exact) mass is 259 g/mol. The van der Waals surface area contributed by atoms with E-state index in [0.717, 1.165) is 6.07 Å². The van der Waals surface area contributed by atoms with Crippen molar-refractivity contribution in [2.24, 2.45) is 0 Å². The summed E-state index contributed by atoms with van der Waals surface area (Å²) in [6.45, 7) is 1.60. The number of aryl methyl sites for hydroxylation is 1. The summed E-state index contributed by atoms with van der Waals surface area (Å²) in [4.78, 5) is 20.5. The number of rotatable bonds is 2. The van der Waals surface area contributed by atoms with Crippen LogP contribution in [0.3, 0.4) is 0 Å². The average molecular weight is 260 g/mol. The van der Waals surface area contributed by atoms with E-state index in [1.54, 1.807) is 6.92 Å². The molecule has 0 aliphatic heterocycles. The first kappa shape index (κ1) is 10.6. The van der Waals surface area contributed by atoms with Crippen LogP contribution in [0.2, 0.25) is 0 Å². The fourth-order valence-electron chi connectivity index (χ4n) is 1.01. The van der Waals surface area contributed by atoms with Gasteiger partial charge in [-0.15, -0.1) is 0 Å². The third-order valence-corrected chi connectivity index (χ3v) is 2.73. The standard InChI is InChI=1S/C8H6BrNO4/c1-4-2-5(10(13)14)3-6(7(4)9)8(11)12/h2-3H,1H3,(H,11,12). The molecular weight excluding hydrogens is 254 g/mol. The van der Waals surface area contributed by atoms with Crippen molar-refractivity contribution in [1.82, 2.24) is 0 Å². The number of benzene rings is 1. The first-order chi connectivity index (χ1) is 6.43. The zero-order valence-electron chi connectivity index (χ0n) is 7.15. The maximum absolute atomic E-state index is 10.7. The lowest BCUT2D eigenvalue weighted by molar-refractivity contribution is -0.384. The molecule has 1 aromatic carbocycles. The Bertz CT molecular complexity index is 416. The normalized spacial score (nSPS) is 9.86. The number of carboxylic acids is 1. The number of hydrogen-bond acceptors (Lipinski definition) is 3. The summed E-state index contributed by atoms with van der Waals surface area (Å²) in [5.41, 5.74) is 0.205. The van der Waals surface area contributed by atoms with Crippen molar-refractivity contribution in [2.45, 2.75) is 6.92 Å². The number of nitro groups is 1. The lowest BCUT2D eigenvalue weighted by atomic mass is 10.1. The summed E-state index contributed by atoms with van der Waals surface area (Å²) in [5.74, 6) is -1.19. The third-order valence-electron chi connectivity index (χ3n) is 1.68. The molecule has 1 aromatic rings. The smallest absolute Gasteiger partial charge is 0.337 e. The molecule has 0 unspecified atom stereocenters. The van der Waals surface area contributed by atoms with Gasteiger partial charge >= 0.3 is 5.97 Å². The first-order valence-corrected chi connectivity index (χ1v) is 4.40. The number of aromatic carboxylic acids is 1. The number of hydrogen-bond donors (Lipinski definition) is 1. The molecule has 0 saturated heterocycles. The third kappa shape index (κ3) is 1.90. The van der Waals surface area contributed by atoms with Gasteiger partial charge in [0.2, 0.25) is 0 Å². The molecule has 1 N–H and O–H groups in total. The van der Waals surface area contributed by atoms with Gasteiger partial charge in [-0.25, -0.2) is 4.79 Å². The fraction of sp³-hybridized carbons (Fsp3) is 0.125. The summed E-state index contributed by atoms with van der Waals surface area (Å²) in [5, 5.41) is 19.2. The fourth-order valence-corrected chi connectivity index (χ4v) is 1.41. The molecule has 74 valence electrons. The second-order valence-corrected chi connectivity index (χ2v) is 3.48. The molecule has 0 amide bonds. The highest BCUT2D eigenvalue weighted by atomic mass is 79.9. The van der Waals surface area contributed by atoms with Crippen LogP contribution in [0.1, 0.15) is 15.9 Å². The molecule has 0 radical (unpaired) electrons. The van der Waals surface area contributed by atoms with Gasteiger partial charge in [0.1, 0.15) is 0 Å².